The van der Waals surface area contributed by atoms with Crippen LogP contribution in [-0.4, -0.2) is 41.5 Å². The van der Waals surface area contributed by atoms with Gasteiger partial charge in [-0.2, -0.15) is 0 Å². The van der Waals surface area contributed by atoms with Crippen molar-refractivity contribution in [1.82, 2.24) is 15.1 Å². The Morgan fingerprint density at radius 1 is 1.18 bits per heavy atom. The first kappa shape index (κ1) is 19.6. The Balaban J connectivity index is 1.48. The second-order valence-electron chi connectivity index (χ2n) is 8.71. The number of rotatable bonds is 6. The van der Waals surface area contributed by atoms with Gasteiger partial charge in [-0.3, -0.25) is 4.90 Å². The highest BCUT2D eigenvalue weighted by atomic mass is 16.5. The van der Waals surface area contributed by atoms with Crippen molar-refractivity contribution in [1.29, 1.82) is 0 Å². The van der Waals surface area contributed by atoms with Crippen LogP contribution in [0.15, 0.2) is 22.6 Å². The molecule has 1 aliphatic carbocycles. The minimum Gasteiger partial charge on any atom is -0.420 e. The predicted octanol–water partition coefficient (Wildman–Crippen LogP) is 4.67. The summed E-state index contributed by atoms with van der Waals surface area (Å²) in [6, 6.07) is 6.54. The molecule has 1 aliphatic heterocycles. The lowest BCUT2D eigenvalue weighted by molar-refractivity contribution is -0.0462. The Bertz CT molecular complexity index is 789. The van der Waals surface area contributed by atoms with Crippen molar-refractivity contribution in [3.63, 3.8) is 0 Å². The molecule has 5 nitrogen and oxygen atoms in total. The van der Waals surface area contributed by atoms with Gasteiger partial charge in [0.05, 0.1) is 0 Å². The average Bonchev–Trinajstić information content (AvgIpc) is 3.37. The SMILES string of the molecule is CCC(OC)N1CCC(c2nnc(-c3cccc4c3CC(C(C)C)C4)o2)CC1. The molecule has 0 bridgehead atoms. The summed E-state index contributed by atoms with van der Waals surface area (Å²) in [6.07, 6.45) is 5.61. The van der Waals surface area contributed by atoms with Crippen molar-refractivity contribution in [2.24, 2.45) is 11.8 Å². The quantitative estimate of drug-likeness (QED) is 0.725. The summed E-state index contributed by atoms with van der Waals surface area (Å²) in [5.74, 6) is 3.27. The molecule has 0 saturated carbocycles. The van der Waals surface area contributed by atoms with Gasteiger partial charge in [-0.15, -0.1) is 10.2 Å². The first-order chi connectivity index (χ1) is 13.6. The van der Waals surface area contributed by atoms with Crippen LogP contribution in [0, 0.1) is 11.8 Å². The van der Waals surface area contributed by atoms with Crippen LogP contribution in [0.3, 0.4) is 0 Å². The number of benzene rings is 1. The van der Waals surface area contributed by atoms with Crippen LogP contribution in [0.2, 0.25) is 0 Å². The summed E-state index contributed by atoms with van der Waals surface area (Å²) in [5, 5.41) is 8.88. The Morgan fingerprint density at radius 3 is 2.64 bits per heavy atom. The molecule has 2 aromatic rings. The van der Waals surface area contributed by atoms with Crippen molar-refractivity contribution in [2.75, 3.05) is 20.2 Å². The lowest BCUT2D eigenvalue weighted by atomic mass is 9.93. The number of piperidine rings is 1. The van der Waals surface area contributed by atoms with E-state index in [1.165, 1.54) is 17.5 Å². The van der Waals surface area contributed by atoms with Gasteiger partial charge in [0.2, 0.25) is 11.8 Å². The number of aromatic nitrogens is 2. The normalized spacial score (nSPS) is 22.0. The van der Waals surface area contributed by atoms with E-state index in [-0.39, 0.29) is 6.23 Å². The predicted molar refractivity (Wildman–Crippen MR) is 110 cm³/mol. The van der Waals surface area contributed by atoms with E-state index in [0.29, 0.717) is 17.7 Å². The van der Waals surface area contributed by atoms with E-state index in [4.69, 9.17) is 9.15 Å². The van der Waals surface area contributed by atoms with E-state index in [1.807, 2.05) is 0 Å². The van der Waals surface area contributed by atoms with Gasteiger partial charge in [0.15, 0.2) is 0 Å². The van der Waals surface area contributed by atoms with Crippen LogP contribution < -0.4 is 0 Å². The molecule has 0 radical (unpaired) electrons. The van der Waals surface area contributed by atoms with Crippen molar-refractivity contribution in [3.05, 3.63) is 35.2 Å². The maximum atomic E-state index is 6.21. The molecule has 4 rings (SSSR count). The molecule has 2 heterocycles. The second kappa shape index (κ2) is 8.34. The van der Waals surface area contributed by atoms with Crippen LogP contribution in [0.4, 0.5) is 0 Å². The fourth-order valence-electron chi connectivity index (χ4n) is 4.87. The Hall–Kier alpha value is -1.72. The Kier molecular flexibility index (Phi) is 5.83. The van der Waals surface area contributed by atoms with Crippen LogP contribution in [-0.2, 0) is 17.6 Å². The van der Waals surface area contributed by atoms with Gasteiger partial charge < -0.3 is 9.15 Å². The van der Waals surface area contributed by atoms with Gasteiger partial charge in [-0.25, -0.2) is 0 Å². The van der Waals surface area contributed by atoms with E-state index >= 15 is 0 Å². The van der Waals surface area contributed by atoms with Gasteiger partial charge in [0, 0.05) is 31.7 Å². The largest absolute Gasteiger partial charge is 0.420 e. The summed E-state index contributed by atoms with van der Waals surface area (Å²) in [4.78, 5) is 2.42. The standard InChI is InChI=1S/C23H33N3O2/c1-5-21(27-4)26-11-9-16(10-12-26)22-24-25-23(28-22)19-8-6-7-17-13-18(15(2)3)14-20(17)19/h6-8,15-16,18,21H,5,9-14H2,1-4H3. The molecule has 0 N–H and O–H groups in total. The van der Waals surface area contributed by atoms with Crippen molar-refractivity contribution >= 4 is 0 Å². The van der Waals surface area contributed by atoms with Crippen molar-refractivity contribution in [2.45, 2.75) is 65.0 Å². The minimum atomic E-state index is 0.222. The average molecular weight is 384 g/mol. The summed E-state index contributed by atoms with van der Waals surface area (Å²) in [5.41, 5.74) is 4.01. The van der Waals surface area contributed by atoms with Crippen LogP contribution in [0.1, 0.15) is 63.0 Å². The fraction of sp³-hybridized carbons (Fsp3) is 0.652. The molecular formula is C23H33N3O2. The summed E-state index contributed by atoms with van der Waals surface area (Å²) in [6.45, 7) is 8.85. The summed E-state index contributed by atoms with van der Waals surface area (Å²) >= 11 is 0. The molecule has 1 aromatic carbocycles. The highest BCUT2D eigenvalue weighted by Gasteiger charge is 2.30. The Labute approximate surface area is 168 Å². The zero-order valence-corrected chi connectivity index (χ0v) is 17.6. The number of likely N-dealkylation sites (tertiary alicyclic amines) is 1. The topological polar surface area (TPSA) is 51.4 Å². The van der Waals surface area contributed by atoms with E-state index in [0.717, 1.165) is 56.1 Å². The molecule has 152 valence electrons. The van der Waals surface area contributed by atoms with Crippen LogP contribution in [0.25, 0.3) is 11.5 Å². The molecule has 0 amide bonds. The van der Waals surface area contributed by atoms with Gasteiger partial charge in [-0.05, 0) is 61.1 Å². The third kappa shape index (κ3) is 3.74. The molecule has 0 spiro atoms. The van der Waals surface area contributed by atoms with Crippen molar-refractivity contribution < 1.29 is 9.15 Å². The van der Waals surface area contributed by atoms with Gasteiger partial charge in [0.1, 0.15) is 6.23 Å². The molecule has 5 heteroatoms. The first-order valence-corrected chi connectivity index (χ1v) is 10.8. The molecule has 28 heavy (non-hydrogen) atoms. The highest BCUT2D eigenvalue weighted by molar-refractivity contribution is 5.62. The molecule has 1 saturated heterocycles. The number of methoxy groups -OCH3 is 1. The summed E-state index contributed by atoms with van der Waals surface area (Å²) in [7, 11) is 1.80. The van der Waals surface area contributed by atoms with E-state index in [1.54, 1.807) is 7.11 Å². The maximum Gasteiger partial charge on any atom is 0.248 e. The van der Waals surface area contributed by atoms with Gasteiger partial charge >= 0.3 is 0 Å². The number of hydrogen-bond donors (Lipinski definition) is 0. The van der Waals surface area contributed by atoms with E-state index in [2.05, 4.69) is 54.1 Å². The number of nitrogens with zero attached hydrogens (tertiary/aromatic N) is 3. The Morgan fingerprint density at radius 2 is 1.96 bits per heavy atom. The fourth-order valence-corrected chi connectivity index (χ4v) is 4.87. The highest BCUT2D eigenvalue weighted by Crippen LogP contribution is 2.38. The minimum absolute atomic E-state index is 0.222. The number of hydrogen-bond acceptors (Lipinski definition) is 5. The number of fused-ring (bicyclic) bond motifs is 1. The third-order valence-corrected chi connectivity index (χ3v) is 6.74. The molecule has 1 fully saturated rings. The lowest BCUT2D eigenvalue weighted by Gasteiger charge is -2.35. The maximum absolute atomic E-state index is 6.21. The lowest BCUT2D eigenvalue weighted by Crippen LogP contribution is -2.41. The van der Waals surface area contributed by atoms with Gasteiger partial charge in [0.25, 0.3) is 0 Å². The van der Waals surface area contributed by atoms with E-state index < -0.39 is 0 Å². The van der Waals surface area contributed by atoms with Crippen LogP contribution >= 0.6 is 0 Å². The third-order valence-electron chi connectivity index (χ3n) is 6.74. The number of ether oxygens (including phenoxy) is 1. The zero-order valence-electron chi connectivity index (χ0n) is 17.6. The van der Waals surface area contributed by atoms with E-state index in [9.17, 15) is 0 Å². The molecule has 2 unspecified atom stereocenters. The molecular weight excluding hydrogens is 350 g/mol. The summed E-state index contributed by atoms with van der Waals surface area (Å²) < 4.78 is 11.8. The smallest absolute Gasteiger partial charge is 0.248 e. The van der Waals surface area contributed by atoms with Crippen molar-refractivity contribution in [3.8, 4) is 11.5 Å². The molecule has 1 aromatic heterocycles. The molecule has 2 atom stereocenters. The molecule has 2 aliphatic rings. The van der Waals surface area contributed by atoms with Crippen LogP contribution in [0.5, 0.6) is 0 Å². The first-order valence-electron chi connectivity index (χ1n) is 10.8. The second-order valence-corrected chi connectivity index (χ2v) is 8.71. The monoisotopic (exact) mass is 383 g/mol. The zero-order chi connectivity index (χ0) is 19.7. The van der Waals surface area contributed by atoms with Gasteiger partial charge in [-0.1, -0.05) is 32.9 Å².